The zero-order chi connectivity index (χ0) is 13.8. The third-order valence-corrected chi connectivity index (χ3v) is 3.02. The summed E-state index contributed by atoms with van der Waals surface area (Å²) in [5, 5.41) is 8.98. The summed E-state index contributed by atoms with van der Waals surface area (Å²) in [6, 6.07) is 11.2. The Bertz CT molecular complexity index is 594. The second-order valence-corrected chi connectivity index (χ2v) is 4.31. The molecular formula is C15H14FNO2. The molecular weight excluding hydrogens is 245 g/mol. The van der Waals surface area contributed by atoms with Gasteiger partial charge in [0.05, 0.1) is 5.56 Å². The number of hydrogen-bond donors (Lipinski definition) is 2. The third kappa shape index (κ3) is 3.10. The number of aromatic carboxylic acids is 1. The highest BCUT2D eigenvalue weighted by Crippen LogP contribution is 2.19. The van der Waals surface area contributed by atoms with Crippen molar-refractivity contribution in [1.82, 2.24) is 0 Å². The predicted octanol–water partition coefficient (Wildman–Crippen LogP) is 2.89. The van der Waals surface area contributed by atoms with Crippen molar-refractivity contribution in [2.75, 3.05) is 5.73 Å². The molecule has 0 aliphatic heterocycles. The quantitative estimate of drug-likeness (QED) is 0.830. The summed E-state index contributed by atoms with van der Waals surface area (Å²) in [4.78, 5) is 11.0. The van der Waals surface area contributed by atoms with Gasteiger partial charge in [0.15, 0.2) is 0 Å². The first kappa shape index (κ1) is 13.1. The normalized spacial score (nSPS) is 10.4. The summed E-state index contributed by atoms with van der Waals surface area (Å²) in [6.07, 6.45) is 1.31. The summed E-state index contributed by atoms with van der Waals surface area (Å²) >= 11 is 0. The Balaban J connectivity index is 2.13. The number of aryl methyl sites for hydroxylation is 2. The molecule has 0 atom stereocenters. The minimum atomic E-state index is -1.03. The van der Waals surface area contributed by atoms with E-state index in [0.717, 1.165) is 11.1 Å². The molecule has 0 spiro atoms. The van der Waals surface area contributed by atoms with E-state index in [1.54, 1.807) is 18.2 Å². The van der Waals surface area contributed by atoms with Gasteiger partial charge in [-0.25, -0.2) is 9.18 Å². The monoisotopic (exact) mass is 259 g/mol. The molecule has 19 heavy (non-hydrogen) atoms. The van der Waals surface area contributed by atoms with E-state index in [1.807, 2.05) is 6.07 Å². The van der Waals surface area contributed by atoms with Crippen LogP contribution in [-0.4, -0.2) is 11.1 Å². The Labute approximate surface area is 110 Å². The number of benzene rings is 2. The molecule has 0 amide bonds. The number of nitrogen functional groups attached to an aromatic ring is 1. The SMILES string of the molecule is Nc1c(CCc2ccc(F)cc2)cccc1C(=O)O. The first-order valence-corrected chi connectivity index (χ1v) is 5.93. The van der Waals surface area contributed by atoms with Crippen molar-refractivity contribution in [2.24, 2.45) is 0 Å². The molecule has 0 aromatic heterocycles. The molecule has 3 nitrogen and oxygen atoms in total. The fraction of sp³-hybridized carbons (Fsp3) is 0.133. The average molecular weight is 259 g/mol. The van der Waals surface area contributed by atoms with Crippen LogP contribution in [0.3, 0.4) is 0 Å². The van der Waals surface area contributed by atoms with E-state index in [0.29, 0.717) is 18.5 Å². The number of hydrogen-bond acceptors (Lipinski definition) is 2. The van der Waals surface area contributed by atoms with Gasteiger partial charge in [0.25, 0.3) is 0 Å². The van der Waals surface area contributed by atoms with Crippen LogP contribution in [0.1, 0.15) is 21.5 Å². The molecule has 0 aliphatic rings. The molecule has 0 radical (unpaired) electrons. The molecule has 0 heterocycles. The van der Waals surface area contributed by atoms with Crippen molar-refractivity contribution in [1.29, 1.82) is 0 Å². The number of para-hydroxylation sites is 1. The molecule has 0 aliphatic carbocycles. The van der Waals surface area contributed by atoms with Gasteiger partial charge in [-0.3, -0.25) is 0 Å². The Morgan fingerprint density at radius 3 is 2.42 bits per heavy atom. The molecule has 0 saturated carbocycles. The second-order valence-electron chi connectivity index (χ2n) is 4.31. The maximum absolute atomic E-state index is 12.8. The van der Waals surface area contributed by atoms with E-state index in [-0.39, 0.29) is 11.4 Å². The van der Waals surface area contributed by atoms with Crippen LogP contribution in [-0.2, 0) is 12.8 Å². The fourth-order valence-electron chi connectivity index (χ4n) is 1.95. The van der Waals surface area contributed by atoms with E-state index >= 15 is 0 Å². The van der Waals surface area contributed by atoms with Crippen LogP contribution in [0.2, 0.25) is 0 Å². The van der Waals surface area contributed by atoms with E-state index < -0.39 is 5.97 Å². The van der Waals surface area contributed by atoms with E-state index in [4.69, 9.17) is 10.8 Å². The van der Waals surface area contributed by atoms with Crippen molar-refractivity contribution in [2.45, 2.75) is 12.8 Å². The van der Waals surface area contributed by atoms with Crippen molar-refractivity contribution in [3.05, 3.63) is 65.0 Å². The maximum Gasteiger partial charge on any atom is 0.337 e. The number of carbonyl (C=O) groups is 1. The maximum atomic E-state index is 12.8. The Kier molecular flexibility index (Phi) is 3.80. The number of rotatable bonds is 4. The lowest BCUT2D eigenvalue weighted by atomic mass is 10.0. The fourth-order valence-corrected chi connectivity index (χ4v) is 1.95. The van der Waals surface area contributed by atoms with Crippen LogP contribution in [0.5, 0.6) is 0 Å². The topological polar surface area (TPSA) is 63.3 Å². The second kappa shape index (κ2) is 5.52. The first-order chi connectivity index (χ1) is 9.08. The summed E-state index contributed by atoms with van der Waals surface area (Å²) in [5.74, 6) is -1.29. The highest BCUT2D eigenvalue weighted by molar-refractivity contribution is 5.94. The molecule has 0 bridgehead atoms. The van der Waals surface area contributed by atoms with Gasteiger partial charge < -0.3 is 10.8 Å². The summed E-state index contributed by atoms with van der Waals surface area (Å²) in [5.41, 5.74) is 8.04. The van der Waals surface area contributed by atoms with Crippen LogP contribution in [0.15, 0.2) is 42.5 Å². The van der Waals surface area contributed by atoms with Gasteiger partial charge in [0.2, 0.25) is 0 Å². The molecule has 0 fully saturated rings. The van der Waals surface area contributed by atoms with Crippen LogP contribution in [0, 0.1) is 5.82 Å². The van der Waals surface area contributed by atoms with Crippen LogP contribution < -0.4 is 5.73 Å². The number of nitrogens with two attached hydrogens (primary N) is 1. The van der Waals surface area contributed by atoms with Crippen LogP contribution in [0.4, 0.5) is 10.1 Å². The van der Waals surface area contributed by atoms with Crippen LogP contribution >= 0.6 is 0 Å². The summed E-state index contributed by atoms with van der Waals surface area (Å²) < 4.78 is 12.8. The lowest BCUT2D eigenvalue weighted by molar-refractivity contribution is 0.0698. The van der Waals surface area contributed by atoms with Crippen molar-refractivity contribution >= 4 is 11.7 Å². The highest BCUT2D eigenvalue weighted by atomic mass is 19.1. The van der Waals surface area contributed by atoms with E-state index in [9.17, 15) is 9.18 Å². The Hall–Kier alpha value is -2.36. The standard InChI is InChI=1S/C15H14FNO2/c16-12-8-5-10(6-9-12)4-7-11-2-1-3-13(14(11)17)15(18)19/h1-3,5-6,8-9H,4,7,17H2,(H,18,19). The zero-order valence-corrected chi connectivity index (χ0v) is 10.3. The molecule has 2 aromatic carbocycles. The molecule has 0 saturated heterocycles. The minimum Gasteiger partial charge on any atom is -0.478 e. The smallest absolute Gasteiger partial charge is 0.337 e. The highest BCUT2D eigenvalue weighted by Gasteiger charge is 2.10. The van der Waals surface area contributed by atoms with E-state index in [1.165, 1.54) is 18.2 Å². The molecule has 98 valence electrons. The molecule has 3 N–H and O–H groups in total. The van der Waals surface area contributed by atoms with Gasteiger partial charge in [-0.05, 0) is 42.2 Å². The van der Waals surface area contributed by atoms with Crippen LogP contribution in [0.25, 0.3) is 0 Å². The van der Waals surface area contributed by atoms with Crippen molar-refractivity contribution in [3.63, 3.8) is 0 Å². The summed E-state index contributed by atoms with van der Waals surface area (Å²) in [7, 11) is 0. The van der Waals surface area contributed by atoms with Gasteiger partial charge in [0.1, 0.15) is 5.82 Å². The average Bonchev–Trinajstić information content (AvgIpc) is 2.39. The molecule has 2 aromatic rings. The summed E-state index contributed by atoms with van der Waals surface area (Å²) in [6.45, 7) is 0. The lowest BCUT2D eigenvalue weighted by Gasteiger charge is -2.08. The number of carboxylic acids is 1. The van der Waals surface area contributed by atoms with E-state index in [2.05, 4.69) is 0 Å². The largest absolute Gasteiger partial charge is 0.478 e. The van der Waals surface area contributed by atoms with Gasteiger partial charge in [-0.2, -0.15) is 0 Å². The predicted molar refractivity (Wildman–Crippen MR) is 71.6 cm³/mol. The lowest BCUT2D eigenvalue weighted by Crippen LogP contribution is -2.06. The number of anilines is 1. The Morgan fingerprint density at radius 2 is 1.79 bits per heavy atom. The van der Waals surface area contributed by atoms with Gasteiger partial charge >= 0.3 is 5.97 Å². The third-order valence-electron chi connectivity index (χ3n) is 3.02. The van der Waals surface area contributed by atoms with Crippen molar-refractivity contribution < 1.29 is 14.3 Å². The number of carboxylic acid groups (broad SMARTS) is 1. The van der Waals surface area contributed by atoms with Crippen molar-refractivity contribution in [3.8, 4) is 0 Å². The zero-order valence-electron chi connectivity index (χ0n) is 10.3. The van der Waals surface area contributed by atoms with Gasteiger partial charge in [0, 0.05) is 5.69 Å². The Morgan fingerprint density at radius 1 is 1.11 bits per heavy atom. The molecule has 2 rings (SSSR count). The first-order valence-electron chi connectivity index (χ1n) is 5.93. The van der Waals surface area contributed by atoms with Gasteiger partial charge in [-0.1, -0.05) is 24.3 Å². The molecule has 0 unspecified atom stereocenters. The number of halogens is 1. The minimum absolute atomic E-state index is 0.122. The molecule has 4 heteroatoms. The van der Waals surface area contributed by atoms with Gasteiger partial charge in [-0.15, -0.1) is 0 Å².